The van der Waals surface area contributed by atoms with Gasteiger partial charge in [-0.2, -0.15) is 0 Å². The van der Waals surface area contributed by atoms with Gasteiger partial charge in [-0.15, -0.1) is 0 Å². The van der Waals surface area contributed by atoms with Crippen molar-refractivity contribution < 1.29 is 13.6 Å². The fourth-order valence-corrected chi connectivity index (χ4v) is 4.11. The SMILES string of the molecule is Cc1cn(-c2cc(NC(=O)c3ccc(C)c(NC4=NCC=C(c5cccnc5)N4)c3)cc(C(C)(F)F)c2)cn1. The van der Waals surface area contributed by atoms with Crippen LogP contribution in [-0.2, 0) is 5.92 Å². The van der Waals surface area contributed by atoms with E-state index in [1.54, 1.807) is 47.7 Å². The van der Waals surface area contributed by atoms with E-state index in [2.05, 4.69) is 30.9 Å². The van der Waals surface area contributed by atoms with E-state index < -0.39 is 11.8 Å². The van der Waals surface area contributed by atoms with Gasteiger partial charge in [-0.1, -0.05) is 6.07 Å². The number of benzene rings is 2. The molecular formula is C29H27F2N7O. The fraction of sp³-hybridized carbons (Fsp3) is 0.172. The van der Waals surface area contributed by atoms with Crippen LogP contribution < -0.4 is 16.0 Å². The number of nitrogens with one attached hydrogen (secondary N) is 3. The van der Waals surface area contributed by atoms with Crippen molar-refractivity contribution in [3.63, 3.8) is 0 Å². The summed E-state index contributed by atoms with van der Waals surface area (Å²) in [7, 11) is 0. The van der Waals surface area contributed by atoms with E-state index >= 15 is 0 Å². The average Bonchev–Trinajstić information content (AvgIpc) is 3.36. The summed E-state index contributed by atoms with van der Waals surface area (Å²) in [6.45, 7) is 5.03. The highest BCUT2D eigenvalue weighted by Crippen LogP contribution is 2.32. The van der Waals surface area contributed by atoms with Gasteiger partial charge < -0.3 is 20.5 Å². The van der Waals surface area contributed by atoms with E-state index in [4.69, 9.17) is 0 Å². The Morgan fingerprint density at radius 1 is 1.13 bits per heavy atom. The maximum absolute atomic E-state index is 14.3. The lowest BCUT2D eigenvalue weighted by Gasteiger charge is -2.20. The minimum atomic E-state index is -3.09. The minimum absolute atomic E-state index is 0.216. The molecule has 5 rings (SSSR count). The lowest BCUT2D eigenvalue weighted by Crippen LogP contribution is -2.32. The molecule has 0 radical (unpaired) electrons. The standard InChI is InChI=1S/C29H27F2N7O/c1-18-6-7-20(11-26(18)37-28-33-10-8-25(36-28)21-5-4-9-32-15-21)27(39)35-23-12-22(29(3,30)31)13-24(14-23)38-16-19(2)34-17-38/h4-9,11-17H,10H2,1-3H3,(H,35,39)(H2,33,36,37). The predicted molar refractivity (Wildman–Crippen MR) is 148 cm³/mol. The Balaban J connectivity index is 1.36. The van der Waals surface area contributed by atoms with Crippen molar-refractivity contribution in [2.24, 2.45) is 4.99 Å². The van der Waals surface area contributed by atoms with Crippen molar-refractivity contribution in [1.29, 1.82) is 0 Å². The fourth-order valence-electron chi connectivity index (χ4n) is 4.11. The molecule has 0 saturated carbocycles. The zero-order valence-electron chi connectivity index (χ0n) is 21.7. The van der Waals surface area contributed by atoms with Crippen LogP contribution in [-0.4, -0.2) is 32.9 Å². The first-order valence-corrected chi connectivity index (χ1v) is 12.3. The second kappa shape index (κ2) is 10.5. The largest absolute Gasteiger partial charge is 0.326 e. The van der Waals surface area contributed by atoms with Crippen LogP contribution in [0.25, 0.3) is 11.4 Å². The topological polar surface area (TPSA) is 96.2 Å². The van der Waals surface area contributed by atoms with Gasteiger partial charge in [0.25, 0.3) is 11.8 Å². The summed E-state index contributed by atoms with van der Waals surface area (Å²) in [5, 5.41) is 9.29. The van der Waals surface area contributed by atoms with E-state index in [0.29, 0.717) is 29.4 Å². The minimum Gasteiger partial charge on any atom is -0.326 e. The van der Waals surface area contributed by atoms with Crippen molar-refractivity contribution >= 4 is 28.9 Å². The number of guanidine groups is 1. The molecule has 1 amide bonds. The quantitative estimate of drug-likeness (QED) is 0.301. The van der Waals surface area contributed by atoms with Gasteiger partial charge >= 0.3 is 0 Å². The third-order valence-electron chi connectivity index (χ3n) is 6.22. The van der Waals surface area contributed by atoms with Crippen LogP contribution in [0.4, 0.5) is 20.2 Å². The maximum Gasteiger partial charge on any atom is 0.270 e. The smallest absolute Gasteiger partial charge is 0.270 e. The number of aryl methyl sites for hydroxylation is 2. The van der Waals surface area contributed by atoms with Crippen LogP contribution in [0.2, 0.25) is 0 Å². The summed E-state index contributed by atoms with van der Waals surface area (Å²) in [5.74, 6) is -2.99. The molecule has 10 heteroatoms. The van der Waals surface area contributed by atoms with Gasteiger partial charge in [0, 0.05) is 65.0 Å². The first-order chi connectivity index (χ1) is 18.7. The number of nitrogens with zero attached hydrogens (tertiary/aromatic N) is 4. The molecule has 0 bridgehead atoms. The number of imidazole rings is 1. The van der Waals surface area contributed by atoms with Gasteiger partial charge in [-0.05, 0) is 68.0 Å². The van der Waals surface area contributed by atoms with Crippen molar-refractivity contribution in [3.05, 3.63) is 107 Å². The number of carbonyl (C=O) groups is 1. The van der Waals surface area contributed by atoms with Crippen LogP contribution >= 0.6 is 0 Å². The molecule has 0 spiro atoms. The average molecular weight is 528 g/mol. The number of pyridine rings is 1. The lowest BCUT2D eigenvalue weighted by atomic mass is 10.1. The molecule has 0 fully saturated rings. The number of aliphatic imine (C=N–C) groups is 1. The third kappa shape index (κ3) is 6.01. The molecule has 0 atom stereocenters. The summed E-state index contributed by atoms with van der Waals surface area (Å²) < 4.78 is 30.2. The Morgan fingerprint density at radius 2 is 1.97 bits per heavy atom. The predicted octanol–water partition coefficient (Wildman–Crippen LogP) is 5.66. The Bertz CT molecular complexity index is 1590. The number of hydrogen-bond acceptors (Lipinski definition) is 6. The van der Waals surface area contributed by atoms with Crippen molar-refractivity contribution in [1.82, 2.24) is 19.9 Å². The molecule has 0 saturated heterocycles. The molecule has 0 unspecified atom stereocenters. The van der Waals surface area contributed by atoms with E-state index in [1.807, 2.05) is 38.1 Å². The highest BCUT2D eigenvalue weighted by atomic mass is 19.3. The number of anilines is 2. The number of carbonyl (C=O) groups excluding carboxylic acids is 1. The summed E-state index contributed by atoms with van der Waals surface area (Å²) >= 11 is 0. The van der Waals surface area contributed by atoms with E-state index in [9.17, 15) is 13.6 Å². The zero-order chi connectivity index (χ0) is 27.6. The van der Waals surface area contributed by atoms with Crippen LogP contribution in [0.1, 0.15) is 39.7 Å². The molecule has 3 heterocycles. The van der Waals surface area contributed by atoms with Crippen molar-refractivity contribution in [3.8, 4) is 5.69 Å². The highest BCUT2D eigenvalue weighted by molar-refractivity contribution is 6.06. The van der Waals surface area contributed by atoms with Crippen LogP contribution in [0, 0.1) is 13.8 Å². The van der Waals surface area contributed by atoms with Gasteiger partial charge in [0.05, 0.1) is 18.6 Å². The van der Waals surface area contributed by atoms with Crippen LogP contribution in [0.5, 0.6) is 0 Å². The zero-order valence-corrected chi connectivity index (χ0v) is 21.7. The summed E-state index contributed by atoms with van der Waals surface area (Å²) in [5.41, 5.74) is 5.00. The molecule has 0 aliphatic carbocycles. The maximum atomic E-state index is 14.3. The second-order valence-electron chi connectivity index (χ2n) is 9.36. The number of aromatic nitrogens is 3. The molecule has 4 aromatic rings. The van der Waals surface area contributed by atoms with Gasteiger partial charge in [0.2, 0.25) is 5.96 Å². The summed E-state index contributed by atoms with van der Waals surface area (Å²) in [6, 6.07) is 13.3. The van der Waals surface area contributed by atoms with Crippen LogP contribution in [0.15, 0.2) is 84.5 Å². The van der Waals surface area contributed by atoms with Gasteiger partial charge in [0.1, 0.15) is 0 Å². The van der Waals surface area contributed by atoms with Crippen molar-refractivity contribution in [2.75, 3.05) is 17.2 Å². The Kier molecular flexibility index (Phi) is 6.93. The number of alkyl halides is 2. The molecule has 3 N–H and O–H groups in total. The first-order valence-electron chi connectivity index (χ1n) is 12.3. The Hall–Kier alpha value is -4.86. The number of amides is 1. The molecule has 39 heavy (non-hydrogen) atoms. The third-order valence-corrected chi connectivity index (χ3v) is 6.22. The van der Waals surface area contributed by atoms with Crippen molar-refractivity contribution in [2.45, 2.75) is 26.7 Å². The molecule has 1 aliphatic rings. The molecule has 8 nitrogen and oxygen atoms in total. The molecule has 1 aliphatic heterocycles. The Labute approximate surface area is 224 Å². The molecule has 2 aromatic carbocycles. The molecule has 198 valence electrons. The van der Waals surface area contributed by atoms with Crippen LogP contribution in [0.3, 0.4) is 0 Å². The summed E-state index contributed by atoms with van der Waals surface area (Å²) in [6.07, 6.45) is 8.71. The number of hydrogen-bond donors (Lipinski definition) is 3. The number of rotatable bonds is 6. The highest BCUT2D eigenvalue weighted by Gasteiger charge is 2.26. The normalized spacial score (nSPS) is 13.3. The van der Waals surface area contributed by atoms with Gasteiger partial charge in [0.15, 0.2) is 0 Å². The van der Waals surface area contributed by atoms with Gasteiger partial charge in [-0.25, -0.2) is 18.8 Å². The Morgan fingerprint density at radius 3 is 2.69 bits per heavy atom. The summed E-state index contributed by atoms with van der Waals surface area (Å²) in [4.78, 5) is 26.0. The van der Waals surface area contributed by atoms with E-state index in [0.717, 1.165) is 29.4 Å². The molecular weight excluding hydrogens is 500 g/mol. The second-order valence-corrected chi connectivity index (χ2v) is 9.36. The van der Waals surface area contributed by atoms with E-state index in [-0.39, 0.29) is 11.3 Å². The first kappa shape index (κ1) is 25.8. The molecule has 2 aromatic heterocycles. The monoisotopic (exact) mass is 527 g/mol. The lowest BCUT2D eigenvalue weighted by molar-refractivity contribution is 0.0175. The van der Waals surface area contributed by atoms with E-state index in [1.165, 1.54) is 12.1 Å². The number of halogens is 2. The van der Waals surface area contributed by atoms with Gasteiger partial charge in [-0.3, -0.25) is 9.78 Å².